The lowest BCUT2D eigenvalue weighted by Crippen LogP contribution is -2.30. The topological polar surface area (TPSA) is 237 Å². The molecular formula is C79H154O17P2. The van der Waals surface area contributed by atoms with Crippen LogP contribution in [0.3, 0.4) is 0 Å². The van der Waals surface area contributed by atoms with Crippen molar-refractivity contribution in [2.75, 3.05) is 39.6 Å². The lowest BCUT2D eigenvalue weighted by atomic mass is 9.99. The van der Waals surface area contributed by atoms with Crippen LogP contribution in [0.25, 0.3) is 0 Å². The average molecular weight is 1440 g/mol. The molecule has 0 spiro atoms. The summed E-state index contributed by atoms with van der Waals surface area (Å²) >= 11 is 0. The minimum atomic E-state index is -4.96. The summed E-state index contributed by atoms with van der Waals surface area (Å²) in [5.41, 5.74) is 0. The first-order chi connectivity index (χ1) is 47.1. The number of hydrogen-bond acceptors (Lipinski definition) is 15. The van der Waals surface area contributed by atoms with Crippen molar-refractivity contribution in [3.63, 3.8) is 0 Å². The van der Waals surface area contributed by atoms with Gasteiger partial charge in [-0.3, -0.25) is 37.3 Å². The number of unbranched alkanes of at least 4 members (excludes halogenated alkanes) is 41. The van der Waals surface area contributed by atoms with Gasteiger partial charge in [-0.05, 0) is 49.4 Å². The van der Waals surface area contributed by atoms with E-state index in [1.807, 2.05) is 0 Å². The SMILES string of the molecule is CCC(C)CCCCCCCCCCCCCCCCC(=O)O[C@H](COC(=O)CCCCCCCCCCCC(C)C)COP(=O)(O)OCC(O)COP(=O)(O)OC[C@@H](COC(=O)CCCCCCCCC(C)C)OC(=O)CCCCCCCCCCCCCCCCCCC(C)C. The molecule has 98 heavy (non-hydrogen) atoms. The second kappa shape index (κ2) is 68.2. The molecule has 0 heterocycles. The first kappa shape index (κ1) is 96.1. The van der Waals surface area contributed by atoms with Crippen molar-refractivity contribution in [3.05, 3.63) is 0 Å². The molecule has 0 bridgehead atoms. The first-order valence-electron chi connectivity index (χ1n) is 40.7. The van der Waals surface area contributed by atoms with Crippen LogP contribution >= 0.6 is 15.6 Å². The van der Waals surface area contributed by atoms with Crippen molar-refractivity contribution in [1.29, 1.82) is 0 Å². The molecule has 0 aromatic rings. The number of ether oxygens (including phenoxy) is 4. The van der Waals surface area contributed by atoms with E-state index in [-0.39, 0.29) is 25.7 Å². The van der Waals surface area contributed by atoms with Crippen molar-refractivity contribution < 1.29 is 80.2 Å². The van der Waals surface area contributed by atoms with Crippen molar-refractivity contribution >= 4 is 39.5 Å². The van der Waals surface area contributed by atoms with Crippen LogP contribution < -0.4 is 0 Å². The zero-order valence-corrected chi connectivity index (χ0v) is 66.2. The Morgan fingerprint density at radius 2 is 0.490 bits per heavy atom. The number of phosphoric acid groups is 2. The maximum absolute atomic E-state index is 13.1. The summed E-state index contributed by atoms with van der Waals surface area (Å²) in [6.45, 7) is 14.2. The number of esters is 4. The molecule has 0 fully saturated rings. The molecule has 0 aromatic carbocycles. The number of aliphatic hydroxyl groups excluding tert-OH is 1. The van der Waals surface area contributed by atoms with Crippen molar-refractivity contribution in [1.82, 2.24) is 0 Å². The third-order valence-corrected chi connectivity index (χ3v) is 20.6. The number of carbonyl (C=O) groups is 4. The number of rotatable bonds is 76. The zero-order valence-electron chi connectivity index (χ0n) is 64.4. The van der Waals surface area contributed by atoms with Gasteiger partial charge in [-0.2, -0.15) is 0 Å². The summed E-state index contributed by atoms with van der Waals surface area (Å²) in [6.07, 6.45) is 54.3. The summed E-state index contributed by atoms with van der Waals surface area (Å²) in [7, 11) is -9.92. The van der Waals surface area contributed by atoms with Crippen molar-refractivity contribution in [3.8, 4) is 0 Å². The van der Waals surface area contributed by atoms with Gasteiger partial charge in [0.15, 0.2) is 12.2 Å². The Labute approximate surface area is 600 Å². The molecule has 6 atom stereocenters. The Morgan fingerprint density at radius 3 is 0.724 bits per heavy atom. The summed E-state index contributed by atoms with van der Waals surface area (Å²) in [6, 6.07) is 0. The highest BCUT2D eigenvalue weighted by Gasteiger charge is 2.30. The van der Waals surface area contributed by atoms with Gasteiger partial charge < -0.3 is 33.8 Å². The Hall–Kier alpha value is -1.94. The van der Waals surface area contributed by atoms with E-state index < -0.39 is 97.5 Å². The quantitative estimate of drug-likeness (QED) is 0.0222. The van der Waals surface area contributed by atoms with Gasteiger partial charge in [-0.15, -0.1) is 0 Å². The van der Waals surface area contributed by atoms with E-state index in [1.54, 1.807) is 0 Å². The maximum Gasteiger partial charge on any atom is 0.472 e. The van der Waals surface area contributed by atoms with Crippen LogP contribution in [0.2, 0.25) is 0 Å². The lowest BCUT2D eigenvalue weighted by molar-refractivity contribution is -0.161. The van der Waals surface area contributed by atoms with Crippen LogP contribution in [0.15, 0.2) is 0 Å². The van der Waals surface area contributed by atoms with Gasteiger partial charge in [-0.25, -0.2) is 9.13 Å². The van der Waals surface area contributed by atoms with Gasteiger partial charge in [-0.1, -0.05) is 351 Å². The number of phosphoric ester groups is 2. The highest BCUT2D eigenvalue weighted by atomic mass is 31.2. The third kappa shape index (κ3) is 71.1. The van der Waals surface area contributed by atoms with Crippen LogP contribution in [-0.2, 0) is 65.4 Å². The number of aliphatic hydroxyl groups is 1. The number of carbonyl (C=O) groups excluding carboxylic acids is 4. The standard InChI is InChI=1S/C79H154O17P2/c1-9-72(8)58-50-42-33-27-21-17-14-15-19-23-29-36-46-54-61-78(83)95-74(65-89-76(81)59-51-43-34-30-24-26-32-40-48-56-70(4)5)67-93-97(85,86)91-63-73(80)64-92-98(87,88)94-68-75(66-90-77(82)60-52-44-38-37-41-49-57-71(6)7)96-79(84)62-53-45-35-28-22-18-13-11-10-12-16-20-25-31-39-47-55-69(2)3/h69-75,80H,9-68H2,1-8H3,(H,85,86)(H,87,88)/t72?,73?,74-,75-/m1/s1. The van der Waals surface area contributed by atoms with Crippen LogP contribution in [0.4, 0.5) is 0 Å². The largest absolute Gasteiger partial charge is 0.472 e. The third-order valence-electron chi connectivity index (χ3n) is 18.7. The fourth-order valence-corrected chi connectivity index (χ4v) is 13.6. The van der Waals surface area contributed by atoms with E-state index in [0.717, 1.165) is 114 Å². The fourth-order valence-electron chi connectivity index (χ4n) is 12.0. The van der Waals surface area contributed by atoms with Crippen LogP contribution in [-0.4, -0.2) is 96.7 Å². The molecule has 0 radical (unpaired) electrons. The second-order valence-corrected chi connectivity index (χ2v) is 33.0. The molecule has 0 amide bonds. The van der Waals surface area contributed by atoms with Gasteiger partial charge in [0.05, 0.1) is 26.4 Å². The van der Waals surface area contributed by atoms with E-state index in [1.165, 1.54) is 199 Å². The zero-order chi connectivity index (χ0) is 72.4. The molecule has 0 rings (SSSR count). The van der Waals surface area contributed by atoms with E-state index in [0.29, 0.717) is 31.6 Å². The summed E-state index contributed by atoms with van der Waals surface area (Å²) in [5.74, 6) is 0.959. The average Bonchev–Trinajstić information content (AvgIpc) is 1.07. The van der Waals surface area contributed by atoms with Crippen molar-refractivity contribution in [2.45, 2.75) is 420 Å². The highest BCUT2D eigenvalue weighted by molar-refractivity contribution is 7.47. The minimum Gasteiger partial charge on any atom is -0.462 e. The second-order valence-electron chi connectivity index (χ2n) is 30.1. The van der Waals surface area contributed by atoms with Gasteiger partial charge >= 0.3 is 39.5 Å². The van der Waals surface area contributed by atoms with E-state index in [4.69, 9.17) is 37.0 Å². The van der Waals surface area contributed by atoms with Crippen LogP contribution in [0.5, 0.6) is 0 Å². The minimum absolute atomic E-state index is 0.106. The Balaban J connectivity index is 5.20. The van der Waals surface area contributed by atoms with Gasteiger partial charge in [0.1, 0.15) is 19.3 Å². The summed E-state index contributed by atoms with van der Waals surface area (Å²) in [4.78, 5) is 72.9. The number of hydrogen-bond donors (Lipinski definition) is 3. The summed E-state index contributed by atoms with van der Waals surface area (Å²) in [5, 5.41) is 10.6. The molecule has 17 nitrogen and oxygen atoms in total. The molecule has 4 unspecified atom stereocenters. The van der Waals surface area contributed by atoms with Gasteiger partial charge in [0.25, 0.3) is 0 Å². The fraction of sp³-hybridized carbons (Fsp3) is 0.949. The molecule has 0 aliphatic rings. The van der Waals surface area contributed by atoms with Crippen LogP contribution in [0, 0.1) is 23.7 Å². The lowest BCUT2D eigenvalue weighted by Gasteiger charge is -2.21. The first-order valence-corrected chi connectivity index (χ1v) is 43.7. The molecule has 0 saturated carbocycles. The molecule has 0 aromatic heterocycles. The Bertz CT molecular complexity index is 1920. The monoisotopic (exact) mass is 1440 g/mol. The van der Waals surface area contributed by atoms with E-state index >= 15 is 0 Å². The molecule has 19 heteroatoms. The van der Waals surface area contributed by atoms with E-state index in [9.17, 15) is 43.2 Å². The van der Waals surface area contributed by atoms with Crippen LogP contribution in [0.1, 0.15) is 402 Å². The summed E-state index contributed by atoms with van der Waals surface area (Å²) < 4.78 is 68.6. The predicted molar refractivity (Wildman–Crippen MR) is 400 cm³/mol. The molecule has 3 N–H and O–H groups in total. The molecular weight excluding hydrogens is 1280 g/mol. The maximum atomic E-state index is 13.1. The smallest absolute Gasteiger partial charge is 0.462 e. The molecule has 0 saturated heterocycles. The van der Waals surface area contributed by atoms with Gasteiger partial charge in [0.2, 0.25) is 0 Å². The molecule has 0 aliphatic heterocycles. The Morgan fingerprint density at radius 1 is 0.286 bits per heavy atom. The Kier molecular flexibility index (Phi) is 66.8. The predicted octanol–water partition coefficient (Wildman–Crippen LogP) is 23.2. The van der Waals surface area contributed by atoms with Gasteiger partial charge in [0, 0.05) is 25.7 Å². The molecule has 582 valence electrons. The van der Waals surface area contributed by atoms with E-state index in [2.05, 4.69) is 55.4 Å². The normalized spacial score (nSPS) is 14.3. The molecule has 0 aliphatic carbocycles. The van der Waals surface area contributed by atoms with Crippen molar-refractivity contribution in [2.24, 2.45) is 23.7 Å². The highest BCUT2D eigenvalue weighted by Crippen LogP contribution is 2.45.